The van der Waals surface area contributed by atoms with Gasteiger partial charge >= 0.3 is 0 Å². The number of carbonyl (C=O) groups is 1. The Morgan fingerprint density at radius 3 is 2.82 bits per heavy atom. The van der Waals surface area contributed by atoms with E-state index >= 15 is 0 Å². The van der Waals surface area contributed by atoms with Crippen LogP contribution in [-0.2, 0) is 11.2 Å². The highest BCUT2D eigenvalue weighted by atomic mass is 16.5. The second-order valence-electron chi connectivity index (χ2n) is 5.29. The highest BCUT2D eigenvalue weighted by molar-refractivity contribution is 5.75. The quantitative estimate of drug-likeness (QED) is 0.921. The molecule has 4 nitrogen and oxygen atoms in total. The van der Waals surface area contributed by atoms with Crippen LogP contribution in [0, 0.1) is 0 Å². The number of benzene rings is 2. The Balaban J connectivity index is 1.63. The first-order chi connectivity index (χ1) is 10.7. The Labute approximate surface area is 130 Å². The molecule has 0 radical (unpaired) electrons. The third-order valence-electron chi connectivity index (χ3n) is 3.60. The molecular formula is C18H19NO3. The Morgan fingerprint density at radius 1 is 1.23 bits per heavy atom. The van der Waals surface area contributed by atoms with Crippen molar-refractivity contribution < 1.29 is 14.3 Å². The molecule has 2 aromatic carbocycles. The zero-order chi connectivity index (χ0) is 15.4. The number of carbonyl (C=O) groups excluding carboxylic acids is 1. The van der Waals surface area contributed by atoms with E-state index in [-0.39, 0.29) is 12.0 Å². The van der Waals surface area contributed by atoms with Gasteiger partial charge in [-0.05, 0) is 30.3 Å². The molecule has 1 unspecified atom stereocenters. The van der Waals surface area contributed by atoms with Crippen LogP contribution < -0.4 is 14.8 Å². The Bertz CT molecular complexity index is 655. The minimum Gasteiger partial charge on any atom is -0.488 e. The molecule has 0 aliphatic carbocycles. The highest BCUT2D eigenvalue weighted by Gasteiger charge is 2.23. The molecule has 0 saturated carbocycles. The summed E-state index contributed by atoms with van der Waals surface area (Å²) in [4.78, 5) is 11.3. The lowest BCUT2D eigenvalue weighted by Crippen LogP contribution is -2.33. The highest BCUT2D eigenvalue weighted by Crippen LogP contribution is 2.33. The average molecular weight is 297 g/mol. The van der Waals surface area contributed by atoms with Crippen LogP contribution in [0.3, 0.4) is 0 Å². The second-order valence-corrected chi connectivity index (χ2v) is 5.29. The van der Waals surface area contributed by atoms with Crippen molar-refractivity contribution in [1.29, 1.82) is 0 Å². The molecule has 22 heavy (non-hydrogen) atoms. The van der Waals surface area contributed by atoms with Gasteiger partial charge in [0.2, 0.25) is 5.91 Å². The minimum absolute atomic E-state index is 0.00234. The van der Waals surface area contributed by atoms with Crippen molar-refractivity contribution in [3.8, 4) is 17.2 Å². The molecule has 2 aromatic rings. The lowest BCUT2D eigenvalue weighted by Gasteiger charge is -2.11. The van der Waals surface area contributed by atoms with Crippen LogP contribution in [0.25, 0.3) is 0 Å². The van der Waals surface area contributed by atoms with Crippen LogP contribution in [-0.4, -0.2) is 18.6 Å². The fourth-order valence-corrected chi connectivity index (χ4v) is 2.45. The van der Waals surface area contributed by atoms with Crippen molar-refractivity contribution in [1.82, 2.24) is 5.32 Å². The van der Waals surface area contributed by atoms with E-state index in [0.717, 1.165) is 29.2 Å². The largest absolute Gasteiger partial charge is 0.488 e. The van der Waals surface area contributed by atoms with Crippen LogP contribution in [0.5, 0.6) is 17.2 Å². The van der Waals surface area contributed by atoms with E-state index in [4.69, 9.17) is 9.47 Å². The van der Waals surface area contributed by atoms with E-state index in [1.165, 1.54) is 0 Å². The van der Waals surface area contributed by atoms with E-state index in [1.54, 1.807) is 0 Å². The maximum absolute atomic E-state index is 11.3. The Hall–Kier alpha value is -2.49. The number of nitrogens with one attached hydrogen (secondary N) is 1. The van der Waals surface area contributed by atoms with E-state index in [9.17, 15) is 4.79 Å². The summed E-state index contributed by atoms with van der Waals surface area (Å²) in [6.07, 6.45) is 1.28. The summed E-state index contributed by atoms with van der Waals surface area (Å²) < 4.78 is 11.7. The number of para-hydroxylation sites is 1. The predicted octanol–water partition coefficient (Wildman–Crippen LogP) is 3.31. The number of hydrogen-bond donors (Lipinski definition) is 1. The average Bonchev–Trinajstić information content (AvgIpc) is 2.95. The second kappa shape index (κ2) is 6.52. The molecule has 1 atom stereocenters. The fraction of sp³-hybridized carbons (Fsp3) is 0.278. The number of rotatable bonds is 5. The number of amides is 1. The lowest BCUT2D eigenvalue weighted by molar-refractivity contribution is -0.121. The molecule has 0 bridgehead atoms. The smallest absolute Gasteiger partial charge is 0.219 e. The van der Waals surface area contributed by atoms with E-state index < -0.39 is 0 Å². The summed E-state index contributed by atoms with van der Waals surface area (Å²) in [7, 11) is 0. The third kappa shape index (κ3) is 3.39. The molecule has 1 heterocycles. The maximum atomic E-state index is 11.3. The zero-order valence-electron chi connectivity index (χ0n) is 12.5. The molecule has 1 aliphatic heterocycles. The van der Waals surface area contributed by atoms with Crippen molar-refractivity contribution >= 4 is 5.91 Å². The van der Waals surface area contributed by atoms with E-state index in [0.29, 0.717) is 13.0 Å². The molecule has 4 heteroatoms. The zero-order valence-corrected chi connectivity index (χ0v) is 12.5. The van der Waals surface area contributed by atoms with Crippen LogP contribution in [0.1, 0.15) is 18.9 Å². The topological polar surface area (TPSA) is 47.6 Å². The van der Waals surface area contributed by atoms with Gasteiger partial charge in [-0.3, -0.25) is 4.79 Å². The molecule has 1 amide bonds. The lowest BCUT2D eigenvalue weighted by atomic mass is 10.1. The summed E-state index contributed by atoms with van der Waals surface area (Å²) in [6, 6.07) is 15.5. The summed E-state index contributed by atoms with van der Waals surface area (Å²) in [5.41, 5.74) is 1.11. The predicted molar refractivity (Wildman–Crippen MR) is 84.4 cm³/mol. The molecule has 0 fully saturated rings. The first-order valence-corrected chi connectivity index (χ1v) is 7.54. The van der Waals surface area contributed by atoms with Crippen LogP contribution in [0.15, 0.2) is 48.5 Å². The molecule has 0 saturated heterocycles. The molecule has 1 aliphatic rings. The normalized spacial score (nSPS) is 15.8. The van der Waals surface area contributed by atoms with Gasteiger partial charge in [0.15, 0.2) is 0 Å². The van der Waals surface area contributed by atoms with Gasteiger partial charge in [-0.1, -0.05) is 25.1 Å². The van der Waals surface area contributed by atoms with Gasteiger partial charge in [-0.15, -0.1) is 0 Å². The van der Waals surface area contributed by atoms with Gasteiger partial charge < -0.3 is 14.8 Å². The number of ether oxygens (including phenoxy) is 2. The molecule has 3 rings (SSSR count). The molecule has 0 aromatic heterocycles. The van der Waals surface area contributed by atoms with Crippen LogP contribution >= 0.6 is 0 Å². The van der Waals surface area contributed by atoms with Crippen LogP contribution in [0.2, 0.25) is 0 Å². The van der Waals surface area contributed by atoms with Crippen LogP contribution in [0.4, 0.5) is 0 Å². The van der Waals surface area contributed by atoms with Crippen molar-refractivity contribution in [2.24, 2.45) is 0 Å². The molecule has 1 N–H and O–H groups in total. The van der Waals surface area contributed by atoms with Gasteiger partial charge in [0, 0.05) is 18.4 Å². The number of fused-ring (bicyclic) bond motifs is 1. The summed E-state index contributed by atoms with van der Waals surface area (Å²) in [5, 5.41) is 2.87. The van der Waals surface area contributed by atoms with Gasteiger partial charge in [0.1, 0.15) is 23.4 Å². The minimum atomic E-state index is -0.00234. The standard InChI is InChI=1S/C18H19NO3/c1-2-18(20)19-12-16-11-13-10-15(8-9-17(13)22-16)21-14-6-4-3-5-7-14/h3-10,16H,2,11-12H2,1H3,(H,19,20). The summed E-state index contributed by atoms with van der Waals surface area (Å²) in [6.45, 7) is 2.38. The third-order valence-corrected chi connectivity index (χ3v) is 3.60. The Kier molecular flexibility index (Phi) is 4.28. The molecule has 0 spiro atoms. The van der Waals surface area contributed by atoms with Crippen molar-refractivity contribution in [3.05, 3.63) is 54.1 Å². The van der Waals surface area contributed by atoms with E-state index in [1.807, 2.05) is 55.5 Å². The fourth-order valence-electron chi connectivity index (χ4n) is 2.45. The van der Waals surface area contributed by atoms with Gasteiger partial charge in [0.25, 0.3) is 0 Å². The van der Waals surface area contributed by atoms with Crippen molar-refractivity contribution in [2.75, 3.05) is 6.54 Å². The molecule has 114 valence electrons. The first-order valence-electron chi connectivity index (χ1n) is 7.54. The van der Waals surface area contributed by atoms with Crippen molar-refractivity contribution in [2.45, 2.75) is 25.9 Å². The molecular weight excluding hydrogens is 278 g/mol. The monoisotopic (exact) mass is 297 g/mol. The summed E-state index contributed by atoms with van der Waals surface area (Å²) >= 11 is 0. The number of hydrogen-bond acceptors (Lipinski definition) is 3. The van der Waals surface area contributed by atoms with Gasteiger partial charge in [-0.2, -0.15) is 0 Å². The van der Waals surface area contributed by atoms with Crippen molar-refractivity contribution in [3.63, 3.8) is 0 Å². The van der Waals surface area contributed by atoms with Gasteiger partial charge in [0.05, 0.1) is 6.54 Å². The van der Waals surface area contributed by atoms with Gasteiger partial charge in [-0.25, -0.2) is 0 Å². The first kappa shape index (κ1) is 14.4. The van der Waals surface area contributed by atoms with E-state index in [2.05, 4.69) is 5.32 Å². The summed E-state index contributed by atoms with van der Waals surface area (Å²) in [5.74, 6) is 2.53. The Morgan fingerprint density at radius 2 is 2.05 bits per heavy atom. The SMILES string of the molecule is CCC(=O)NCC1Cc2cc(Oc3ccccc3)ccc2O1. The maximum Gasteiger partial charge on any atom is 0.219 e.